The zero-order valence-corrected chi connectivity index (χ0v) is 24.2. The van der Waals surface area contributed by atoms with Gasteiger partial charge in [0.25, 0.3) is 0 Å². The van der Waals surface area contributed by atoms with Gasteiger partial charge in [0, 0.05) is 17.5 Å². The summed E-state index contributed by atoms with van der Waals surface area (Å²) in [5, 5.41) is 7.95. The maximum atomic E-state index is 13.8. The van der Waals surface area contributed by atoms with Gasteiger partial charge in [-0.2, -0.15) is 5.10 Å². The Balaban J connectivity index is 1.73. The van der Waals surface area contributed by atoms with E-state index >= 15 is 0 Å². The lowest BCUT2D eigenvalue weighted by atomic mass is 9.87. The number of para-hydroxylation sites is 1. The Morgan fingerprint density at radius 2 is 1.90 bits per heavy atom. The fourth-order valence-corrected chi connectivity index (χ4v) is 6.09. The molecular weight excluding hydrogens is 512 g/mol. The van der Waals surface area contributed by atoms with Crippen LogP contribution in [0.1, 0.15) is 62.3 Å². The zero-order valence-electron chi connectivity index (χ0n) is 23.4. The van der Waals surface area contributed by atoms with E-state index < -0.39 is 0 Å². The number of carbonyl (C=O) groups excluding carboxylic acids is 2. The molecule has 206 valence electrons. The highest BCUT2D eigenvalue weighted by atomic mass is 32.2. The molecule has 3 aromatic rings. The Morgan fingerprint density at radius 1 is 1.15 bits per heavy atom. The summed E-state index contributed by atoms with van der Waals surface area (Å²) in [7, 11) is 0. The lowest BCUT2D eigenvalue weighted by Gasteiger charge is -2.25. The second kappa shape index (κ2) is 10.6. The Morgan fingerprint density at radius 3 is 2.62 bits per heavy atom. The summed E-state index contributed by atoms with van der Waals surface area (Å²) in [6.07, 6.45) is 0. The molecule has 1 aromatic heterocycles. The van der Waals surface area contributed by atoms with Gasteiger partial charge in [-0.3, -0.25) is 14.5 Å². The molecule has 0 fully saturated rings. The number of aryl methyl sites for hydroxylation is 1. The summed E-state index contributed by atoms with van der Waals surface area (Å²) in [5.41, 5.74) is 4.40. The maximum absolute atomic E-state index is 13.8. The van der Waals surface area contributed by atoms with Gasteiger partial charge in [-0.05, 0) is 42.2 Å². The third-order valence-electron chi connectivity index (χ3n) is 6.85. The van der Waals surface area contributed by atoms with Gasteiger partial charge in [-0.25, -0.2) is 4.68 Å². The van der Waals surface area contributed by atoms with E-state index in [9.17, 15) is 9.59 Å². The van der Waals surface area contributed by atoms with Crippen LogP contribution in [0, 0.1) is 12.8 Å². The van der Waals surface area contributed by atoms with Crippen LogP contribution in [0.5, 0.6) is 11.5 Å². The molecule has 3 heterocycles. The molecule has 0 saturated carbocycles. The standard InChI is InChI=1S/C30H36N4O4S/c1-18(2)14-31-24(35)15-33-25(36)16-39-27(20-11-12-22-23(13-20)38-17-37-22)26-28(30(4,5)6)32-34(29(26)33)21-10-8-7-9-19(21)3/h7-13,18,27H,14-17H2,1-6H3,(H,31,35)/t27-/m0/s1. The Hall–Kier alpha value is -3.46. The van der Waals surface area contributed by atoms with Crippen molar-refractivity contribution < 1.29 is 19.1 Å². The predicted molar refractivity (Wildman–Crippen MR) is 154 cm³/mol. The van der Waals surface area contributed by atoms with Crippen LogP contribution in [0.2, 0.25) is 0 Å². The second-order valence-corrected chi connectivity index (χ2v) is 12.6. The van der Waals surface area contributed by atoms with Crippen LogP contribution in [0.15, 0.2) is 42.5 Å². The first-order chi connectivity index (χ1) is 18.5. The van der Waals surface area contributed by atoms with Gasteiger partial charge < -0.3 is 14.8 Å². The van der Waals surface area contributed by atoms with E-state index in [4.69, 9.17) is 14.6 Å². The highest BCUT2D eigenvalue weighted by molar-refractivity contribution is 8.00. The lowest BCUT2D eigenvalue weighted by Crippen LogP contribution is -2.43. The van der Waals surface area contributed by atoms with E-state index in [1.807, 2.05) is 67.9 Å². The Labute approximate surface area is 234 Å². The summed E-state index contributed by atoms with van der Waals surface area (Å²) in [6, 6.07) is 13.9. The number of carbonyl (C=O) groups is 2. The monoisotopic (exact) mass is 548 g/mol. The third-order valence-corrected chi connectivity index (χ3v) is 8.11. The van der Waals surface area contributed by atoms with Gasteiger partial charge in [0.05, 0.1) is 22.4 Å². The Bertz CT molecular complexity index is 1410. The number of aromatic nitrogens is 2. The van der Waals surface area contributed by atoms with Crippen molar-refractivity contribution in [3.05, 3.63) is 64.8 Å². The topological polar surface area (TPSA) is 85.7 Å². The third kappa shape index (κ3) is 5.37. The number of ether oxygens (including phenoxy) is 2. The van der Waals surface area contributed by atoms with Crippen LogP contribution >= 0.6 is 11.8 Å². The predicted octanol–water partition coefficient (Wildman–Crippen LogP) is 5.15. The average molecular weight is 549 g/mol. The van der Waals surface area contributed by atoms with E-state index in [1.54, 1.807) is 16.7 Å². The van der Waals surface area contributed by atoms with Crippen LogP contribution < -0.4 is 19.7 Å². The highest BCUT2D eigenvalue weighted by Gasteiger charge is 2.40. The molecule has 8 nitrogen and oxygen atoms in total. The summed E-state index contributed by atoms with van der Waals surface area (Å²) in [6.45, 7) is 13.2. The quantitative estimate of drug-likeness (QED) is 0.459. The number of nitrogens with one attached hydrogen (secondary N) is 1. The SMILES string of the molecule is Cc1ccccc1-n1nc(C(C)(C)C)c2c1N(CC(=O)NCC(C)C)C(=O)CS[C@H]2c1ccc2c(c1)OCO2. The summed E-state index contributed by atoms with van der Waals surface area (Å²) in [5.74, 6) is 2.26. The van der Waals surface area contributed by atoms with Crippen molar-refractivity contribution in [3.63, 3.8) is 0 Å². The second-order valence-electron chi connectivity index (χ2n) is 11.5. The molecule has 2 amide bonds. The van der Waals surface area contributed by atoms with E-state index in [2.05, 4.69) is 26.1 Å². The van der Waals surface area contributed by atoms with Crippen LogP contribution in [0.25, 0.3) is 5.69 Å². The minimum atomic E-state index is -0.327. The van der Waals surface area contributed by atoms with Crippen LogP contribution in [0.4, 0.5) is 5.82 Å². The molecule has 1 atom stereocenters. The summed E-state index contributed by atoms with van der Waals surface area (Å²) >= 11 is 1.55. The number of anilines is 1. The number of hydrogen-bond donors (Lipinski definition) is 1. The van der Waals surface area contributed by atoms with Crippen molar-refractivity contribution in [2.75, 3.05) is 30.5 Å². The van der Waals surface area contributed by atoms with Crippen LogP contribution in [0.3, 0.4) is 0 Å². The first-order valence-corrected chi connectivity index (χ1v) is 14.4. The number of fused-ring (bicyclic) bond motifs is 2. The van der Waals surface area contributed by atoms with Gasteiger partial charge in [0.1, 0.15) is 12.4 Å². The minimum Gasteiger partial charge on any atom is -0.454 e. The number of benzene rings is 2. The number of amides is 2. The van der Waals surface area contributed by atoms with Crippen molar-refractivity contribution in [2.45, 2.75) is 52.2 Å². The molecule has 2 aromatic carbocycles. The fourth-order valence-electron chi connectivity index (χ4n) is 4.90. The molecule has 0 radical (unpaired) electrons. The van der Waals surface area contributed by atoms with Gasteiger partial charge in [-0.1, -0.05) is 58.9 Å². The van der Waals surface area contributed by atoms with Crippen molar-refractivity contribution >= 4 is 29.4 Å². The van der Waals surface area contributed by atoms with Gasteiger partial charge in [0.15, 0.2) is 11.5 Å². The molecular formula is C30H36N4O4S. The smallest absolute Gasteiger partial charge is 0.240 e. The maximum Gasteiger partial charge on any atom is 0.240 e. The largest absolute Gasteiger partial charge is 0.454 e. The molecule has 1 N–H and O–H groups in total. The number of thioether (sulfide) groups is 1. The molecule has 0 unspecified atom stereocenters. The lowest BCUT2D eigenvalue weighted by molar-refractivity contribution is -0.123. The number of nitrogens with zero attached hydrogens (tertiary/aromatic N) is 3. The molecule has 0 bridgehead atoms. The fraction of sp³-hybridized carbons (Fsp3) is 0.433. The minimum absolute atomic E-state index is 0.0753. The molecule has 0 aliphatic carbocycles. The van der Waals surface area contributed by atoms with Crippen molar-refractivity contribution in [1.29, 1.82) is 0 Å². The molecule has 0 spiro atoms. The van der Waals surface area contributed by atoms with E-state index in [0.717, 1.165) is 28.1 Å². The van der Waals surface area contributed by atoms with Gasteiger partial charge >= 0.3 is 0 Å². The van der Waals surface area contributed by atoms with Crippen molar-refractivity contribution in [2.24, 2.45) is 5.92 Å². The molecule has 2 aliphatic heterocycles. The normalized spacial score (nSPS) is 16.8. The van der Waals surface area contributed by atoms with E-state index in [0.29, 0.717) is 29.8 Å². The van der Waals surface area contributed by atoms with Crippen molar-refractivity contribution in [1.82, 2.24) is 15.1 Å². The molecule has 0 saturated heterocycles. The van der Waals surface area contributed by atoms with Crippen molar-refractivity contribution in [3.8, 4) is 17.2 Å². The zero-order chi connectivity index (χ0) is 27.9. The summed E-state index contributed by atoms with van der Waals surface area (Å²) in [4.78, 5) is 28.5. The molecule has 5 rings (SSSR count). The summed E-state index contributed by atoms with van der Waals surface area (Å²) < 4.78 is 13.1. The molecule has 2 aliphatic rings. The first kappa shape index (κ1) is 27.1. The average Bonchev–Trinajstić information content (AvgIpc) is 3.48. The number of rotatable bonds is 6. The molecule has 39 heavy (non-hydrogen) atoms. The Kier molecular flexibility index (Phi) is 7.37. The van der Waals surface area contributed by atoms with E-state index in [1.165, 1.54) is 0 Å². The highest BCUT2D eigenvalue weighted by Crippen LogP contribution is 2.50. The van der Waals surface area contributed by atoms with E-state index in [-0.39, 0.29) is 41.6 Å². The number of hydrogen-bond acceptors (Lipinski definition) is 6. The molecule has 9 heteroatoms. The first-order valence-electron chi connectivity index (χ1n) is 13.3. The van der Waals surface area contributed by atoms with Crippen LogP contribution in [-0.2, 0) is 15.0 Å². The van der Waals surface area contributed by atoms with Crippen LogP contribution in [-0.4, -0.2) is 47.2 Å². The van der Waals surface area contributed by atoms with Gasteiger partial charge in [0.2, 0.25) is 18.6 Å². The van der Waals surface area contributed by atoms with Gasteiger partial charge in [-0.15, -0.1) is 11.8 Å².